The van der Waals surface area contributed by atoms with E-state index in [1.54, 1.807) is 13.1 Å². The molecule has 0 fully saturated rings. The van der Waals surface area contributed by atoms with Crippen molar-refractivity contribution in [3.05, 3.63) is 45.5 Å². The zero-order valence-electron chi connectivity index (χ0n) is 11.4. The average molecular weight is 349 g/mol. The molecule has 1 aromatic carbocycles. The van der Waals surface area contributed by atoms with Crippen LogP contribution in [0.25, 0.3) is 0 Å². The first kappa shape index (κ1) is 16.2. The molecule has 0 aliphatic carbocycles. The number of hydrogen-bond donors (Lipinski definition) is 2. The first-order valence-corrected chi connectivity index (χ1v) is 8.73. The van der Waals surface area contributed by atoms with Gasteiger partial charge >= 0.3 is 0 Å². The second kappa shape index (κ2) is 6.31. The van der Waals surface area contributed by atoms with E-state index in [1.807, 2.05) is 6.92 Å². The summed E-state index contributed by atoms with van der Waals surface area (Å²) in [5.74, 6) is -0.560. The van der Waals surface area contributed by atoms with E-state index in [1.165, 1.54) is 23.5 Å². The first-order valence-electron chi connectivity index (χ1n) is 6.05. The molecule has 0 bridgehead atoms. The van der Waals surface area contributed by atoms with Gasteiger partial charge in [-0.25, -0.2) is 12.8 Å². The zero-order valence-corrected chi connectivity index (χ0v) is 13.8. The van der Waals surface area contributed by atoms with E-state index in [0.29, 0.717) is 6.54 Å². The summed E-state index contributed by atoms with van der Waals surface area (Å²) in [7, 11) is -1.99. The number of sulfonamides is 1. The molecule has 0 saturated heterocycles. The Morgan fingerprint density at radius 1 is 1.33 bits per heavy atom. The second-order valence-corrected chi connectivity index (χ2v) is 7.88. The number of thiophene rings is 1. The van der Waals surface area contributed by atoms with E-state index in [4.69, 9.17) is 11.6 Å². The molecule has 0 aliphatic rings. The molecule has 114 valence electrons. The van der Waals surface area contributed by atoms with Crippen LogP contribution in [0.3, 0.4) is 0 Å². The molecule has 2 aromatic rings. The molecule has 4 nitrogen and oxygen atoms in total. The van der Waals surface area contributed by atoms with E-state index in [0.717, 1.165) is 16.5 Å². The molecule has 21 heavy (non-hydrogen) atoms. The summed E-state index contributed by atoms with van der Waals surface area (Å²) in [6.45, 7) is 2.43. The first-order chi connectivity index (χ1) is 9.83. The van der Waals surface area contributed by atoms with Crippen molar-refractivity contribution in [3.63, 3.8) is 0 Å². The lowest BCUT2D eigenvalue weighted by Gasteiger charge is -2.08. The fourth-order valence-corrected chi connectivity index (χ4v) is 4.62. The van der Waals surface area contributed by atoms with Gasteiger partial charge in [-0.3, -0.25) is 4.72 Å². The number of aryl methyl sites for hydroxylation is 1. The lowest BCUT2D eigenvalue weighted by Crippen LogP contribution is -2.12. The molecule has 2 rings (SSSR count). The van der Waals surface area contributed by atoms with E-state index < -0.39 is 15.8 Å². The number of rotatable bonds is 5. The monoisotopic (exact) mass is 348 g/mol. The normalized spacial score (nSPS) is 11.6. The lowest BCUT2D eigenvalue weighted by atomic mass is 10.3. The van der Waals surface area contributed by atoms with Crippen molar-refractivity contribution < 1.29 is 12.8 Å². The number of benzene rings is 1. The van der Waals surface area contributed by atoms with Gasteiger partial charge in [-0.1, -0.05) is 11.6 Å². The highest BCUT2D eigenvalue weighted by atomic mass is 35.5. The Bertz CT molecular complexity index is 760. The van der Waals surface area contributed by atoms with E-state index in [9.17, 15) is 12.8 Å². The van der Waals surface area contributed by atoms with E-state index in [-0.39, 0.29) is 14.9 Å². The van der Waals surface area contributed by atoms with Crippen molar-refractivity contribution in [2.75, 3.05) is 11.8 Å². The Labute approximate surface area is 132 Å². The Morgan fingerprint density at radius 2 is 2.05 bits per heavy atom. The van der Waals surface area contributed by atoms with Crippen LogP contribution in [-0.4, -0.2) is 15.5 Å². The van der Waals surface area contributed by atoms with E-state index in [2.05, 4.69) is 10.0 Å². The zero-order chi connectivity index (χ0) is 15.6. The molecule has 0 saturated carbocycles. The summed E-state index contributed by atoms with van der Waals surface area (Å²) in [4.78, 5) is 0.934. The van der Waals surface area contributed by atoms with Crippen LogP contribution in [-0.2, 0) is 16.6 Å². The summed E-state index contributed by atoms with van der Waals surface area (Å²) in [5.41, 5.74) is 0.915. The van der Waals surface area contributed by atoms with Gasteiger partial charge in [0.05, 0.1) is 10.7 Å². The van der Waals surface area contributed by atoms with Crippen molar-refractivity contribution in [1.29, 1.82) is 0 Å². The molecule has 1 aromatic heterocycles. The SMILES string of the molecule is CNCc1sc(S(=O)(=O)Nc2cc(F)ccc2Cl)cc1C. The summed E-state index contributed by atoms with van der Waals surface area (Å²) >= 11 is 7.05. The number of nitrogens with one attached hydrogen (secondary N) is 2. The molecule has 0 spiro atoms. The molecule has 1 heterocycles. The fraction of sp³-hybridized carbons (Fsp3) is 0.231. The van der Waals surface area contributed by atoms with Crippen LogP contribution < -0.4 is 10.0 Å². The molecule has 0 atom stereocenters. The van der Waals surface area contributed by atoms with Gasteiger partial charge in [-0.2, -0.15) is 0 Å². The van der Waals surface area contributed by atoms with Crippen molar-refractivity contribution >= 4 is 38.6 Å². The average Bonchev–Trinajstić information content (AvgIpc) is 2.77. The molecular formula is C13H14ClFN2O2S2. The van der Waals surface area contributed by atoms with Gasteiger partial charge in [0.2, 0.25) is 0 Å². The molecule has 0 radical (unpaired) electrons. The van der Waals surface area contributed by atoms with Gasteiger partial charge in [0.15, 0.2) is 0 Å². The predicted molar refractivity (Wildman–Crippen MR) is 84.0 cm³/mol. The molecule has 2 N–H and O–H groups in total. The summed E-state index contributed by atoms with van der Waals surface area (Å²) < 4.78 is 40.3. The maximum atomic E-state index is 13.2. The third-order valence-corrected chi connectivity index (χ3v) is 6.18. The smallest absolute Gasteiger partial charge is 0.271 e. The topological polar surface area (TPSA) is 58.2 Å². The van der Waals surface area contributed by atoms with E-state index >= 15 is 0 Å². The lowest BCUT2D eigenvalue weighted by molar-refractivity contribution is 0.603. The van der Waals surface area contributed by atoms with Crippen LogP contribution in [0, 0.1) is 12.7 Å². The minimum Gasteiger partial charge on any atom is -0.315 e. The maximum Gasteiger partial charge on any atom is 0.271 e. The number of hydrogen-bond acceptors (Lipinski definition) is 4. The number of halogens is 2. The van der Waals surface area contributed by atoms with Crippen molar-refractivity contribution in [2.45, 2.75) is 17.7 Å². The molecule has 0 aliphatic heterocycles. The predicted octanol–water partition coefficient (Wildman–Crippen LogP) is 3.37. The van der Waals surface area contributed by atoms with Gasteiger partial charge in [0.1, 0.15) is 10.0 Å². The Hall–Kier alpha value is -1.15. The Morgan fingerprint density at radius 3 is 2.71 bits per heavy atom. The number of anilines is 1. The summed E-state index contributed by atoms with van der Waals surface area (Å²) in [6, 6.07) is 5.11. The highest BCUT2D eigenvalue weighted by Crippen LogP contribution is 2.30. The van der Waals surface area contributed by atoms with Crippen LogP contribution >= 0.6 is 22.9 Å². The highest BCUT2D eigenvalue weighted by molar-refractivity contribution is 7.94. The Balaban J connectivity index is 2.34. The molecule has 0 unspecified atom stereocenters. The quantitative estimate of drug-likeness (QED) is 0.871. The van der Waals surface area contributed by atoms with Gasteiger partial charge in [0.25, 0.3) is 10.0 Å². The molecule has 8 heteroatoms. The van der Waals surface area contributed by atoms with Gasteiger partial charge in [-0.15, -0.1) is 11.3 Å². The largest absolute Gasteiger partial charge is 0.315 e. The van der Waals surface area contributed by atoms with Crippen molar-refractivity contribution in [3.8, 4) is 0 Å². The molecular weight excluding hydrogens is 335 g/mol. The minimum absolute atomic E-state index is 0.0258. The standard InChI is InChI=1S/C13H14ClFN2O2S2/c1-8-5-13(20-12(8)7-16-2)21(18,19)17-11-6-9(15)3-4-10(11)14/h3-6,16-17H,7H2,1-2H3. The van der Waals surface area contributed by atoms with Crippen molar-refractivity contribution in [2.24, 2.45) is 0 Å². The molecule has 0 amide bonds. The van der Waals surface area contributed by atoms with Gasteiger partial charge < -0.3 is 5.32 Å². The van der Waals surface area contributed by atoms with Crippen molar-refractivity contribution in [1.82, 2.24) is 5.32 Å². The minimum atomic E-state index is -3.78. The fourth-order valence-electron chi connectivity index (χ4n) is 1.73. The van der Waals surface area contributed by atoms with Crippen LogP contribution in [0.1, 0.15) is 10.4 Å². The maximum absolute atomic E-state index is 13.2. The third-order valence-electron chi connectivity index (χ3n) is 2.77. The Kier molecular flexibility index (Phi) is 4.88. The second-order valence-electron chi connectivity index (χ2n) is 4.43. The summed E-state index contributed by atoms with van der Waals surface area (Å²) in [5, 5.41) is 3.12. The van der Waals surface area contributed by atoms with Crippen LogP contribution in [0.5, 0.6) is 0 Å². The van der Waals surface area contributed by atoms with Crippen LogP contribution in [0.2, 0.25) is 5.02 Å². The van der Waals surface area contributed by atoms with Gasteiger partial charge in [0, 0.05) is 11.4 Å². The van der Waals surface area contributed by atoms with Gasteiger partial charge in [-0.05, 0) is 43.8 Å². The van der Waals surface area contributed by atoms with Crippen LogP contribution in [0.15, 0.2) is 28.5 Å². The highest BCUT2D eigenvalue weighted by Gasteiger charge is 2.20. The third kappa shape index (κ3) is 3.74. The summed E-state index contributed by atoms with van der Waals surface area (Å²) in [6.07, 6.45) is 0. The van der Waals surface area contributed by atoms with Crippen LogP contribution in [0.4, 0.5) is 10.1 Å².